The summed E-state index contributed by atoms with van der Waals surface area (Å²) < 4.78 is 79.4. The topological polar surface area (TPSA) is 71.2 Å². The molecule has 0 aliphatic carbocycles. The highest BCUT2D eigenvalue weighted by Gasteiger charge is 2.32. The molecule has 0 atom stereocenters. The van der Waals surface area contributed by atoms with E-state index in [0.29, 0.717) is 6.07 Å². The normalized spacial score (nSPS) is 12.2. The van der Waals surface area contributed by atoms with Gasteiger partial charge in [0.15, 0.2) is 11.6 Å². The summed E-state index contributed by atoms with van der Waals surface area (Å²) >= 11 is 0. The number of hydrogen-bond donors (Lipinski definition) is 2. The molecule has 33 heavy (non-hydrogen) atoms. The minimum atomic E-state index is -4.69. The Kier molecular flexibility index (Phi) is 5.27. The van der Waals surface area contributed by atoms with Crippen LogP contribution in [0.5, 0.6) is 11.5 Å². The molecule has 3 aromatic carbocycles. The Hall–Kier alpha value is -4.02. The van der Waals surface area contributed by atoms with Crippen molar-refractivity contribution in [1.82, 2.24) is 14.8 Å². The summed E-state index contributed by atoms with van der Waals surface area (Å²) in [5, 5.41) is 24.5. The predicted molar refractivity (Wildman–Crippen MR) is 106 cm³/mol. The van der Waals surface area contributed by atoms with Gasteiger partial charge in [-0.1, -0.05) is 18.2 Å². The molecule has 1 aromatic heterocycles. The molecule has 0 saturated carbocycles. The van der Waals surface area contributed by atoms with E-state index in [-0.39, 0.29) is 34.2 Å². The average molecular weight is 465 g/mol. The molecule has 170 valence electrons. The Morgan fingerprint density at radius 3 is 1.97 bits per heavy atom. The number of phenols is 2. The lowest BCUT2D eigenvalue weighted by Crippen LogP contribution is -2.07. The lowest BCUT2D eigenvalue weighted by Gasteiger charge is -2.11. The zero-order valence-electron chi connectivity index (χ0n) is 16.4. The molecule has 0 saturated heterocycles. The zero-order valence-corrected chi connectivity index (χ0v) is 16.4. The van der Waals surface area contributed by atoms with Crippen LogP contribution in [0, 0.1) is 0 Å². The quantitative estimate of drug-likeness (QED) is 0.362. The number of para-hydroxylation sites is 1. The summed E-state index contributed by atoms with van der Waals surface area (Å²) in [5.41, 5.74) is -2.18. The van der Waals surface area contributed by atoms with Gasteiger partial charge in [0.2, 0.25) is 0 Å². The third-order valence-electron chi connectivity index (χ3n) is 4.74. The van der Waals surface area contributed by atoms with Crippen LogP contribution in [0.2, 0.25) is 0 Å². The summed E-state index contributed by atoms with van der Waals surface area (Å²) in [6.07, 6.45) is -9.33. The van der Waals surface area contributed by atoms with E-state index in [9.17, 15) is 36.6 Å². The fourth-order valence-corrected chi connectivity index (χ4v) is 3.15. The number of benzene rings is 3. The molecule has 0 bridgehead atoms. The minimum absolute atomic E-state index is 0.0618. The minimum Gasteiger partial charge on any atom is -0.507 e. The van der Waals surface area contributed by atoms with Gasteiger partial charge in [0.1, 0.15) is 11.5 Å². The van der Waals surface area contributed by atoms with E-state index in [1.165, 1.54) is 24.3 Å². The van der Waals surface area contributed by atoms with Crippen molar-refractivity contribution in [3.05, 3.63) is 77.9 Å². The van der Waals surface area contributed by atoms with Gasteiger partial charge in [0.05, 0.1) is 27.9 Å². The second-order valence-corrected chi connectivity index (χ2v) is 6.97. The zero-order chi connectivity index (χ0) is 24.0. The van der Waals surface area contributed by atoms with Gasteiger partial charge in [-0.15, -0.1) is 5.10 Å². The molecular weight excluding hydrogens is 452 g/mol. The fraction of sp³-hybridized carbons (Fsp3) is 0.0909. The first kappa shape index (κ1) is 22.2. The predicted octanol–water partition coefficient (Wildman–Crippen LogP) is 6.05. The molecule has 5 nitrogen and oxygen atoms in total. The standard InChI is InChI=1S/C22H13F6N3O2/c23-21(24,25)12-4-3-5-14(10-12)31-20(16-6-1-2-7-17(16)32)29-19(30-31)15-9-8-13(11-18(15)33)22(26,27)28/h1-11,32-33H. The molecule has 0 fully saturated rings. The van der Waals surface area contributed by atoms with Crippen LogP contribution in [0.4, 0.5) is 26.3 Å². The Labute approximate surface area is 182 Å². The maximum Gasteiger partial charge on any atom is 0.416 e. The fourth-order valence-electron chi connectivity index (χ4n) is 3.15. The van der Waals surface area contributed by atoms with E-state index >= 15 is 0 Å². The van der Waals surface area contributed by atoms with Crippen LogP contribution in [-0.4, -0.2) is 25.0 Å². The highest BCUT2D eigenvalue weighted by atomic mass is 19.4. The van der Waals surface area contributed by atoms with Crippen LogP contribution < -0.4 is 0 Å². The van der Waals surface area contributed by atoms with Gasteiger partial charge in [0, 0.05) is 0 Å². The molecule has 0 radical (unpaired) electrons. The Balaban J connectivity index is 1.92. The molecule has 4 rings (SSSR count). The van der Waals surface area contributed by atoms with Crippen molar-refractivity contribution < 1.29 is 36.6 Å². The molecular formula is C22H13F6N3O2. The van der Waals surface area contributed by atoms with Crippen LogP contribution >= 0.6 is 0 Å². The third-order valence-corrected chi connectivity index (χ3v) is 4.74. The van der Waals surface area contributed by atoms with Gasteiger partial charge in [-0.25, -0.2) is 9.67 Å². The van der Waals surface area contributed by atoms with Crippen molar-refractivity contribution in [1.29, 1.82) is 0 Å². The van der Waals surface area contributed by atoms with Crippen LogP contribution in [0.25, 0.3) is 28.5 Å². The number of nitrogens with zero attached hydrogens (tertiary/aromatic N) is 3. The van der Waals surface area contributed by atoms with Crippen molar-refractivity contribution in [3.63, 3.8) is 0 Å². The van der Waals surface area contributed by atoms with Crippen molar-refractivity contribution in [2.75, 3.05) is 0 Å². The maximum absolute atomic E-state index is 13.2. The van der Waals surface area contributed by atoms with Crippen molar-refractivity contribution in [3.8, 4) is 40.0 Å². The lowest BCUT2D eigenvalue weighted by atomic mass is 10.1. The number of rotatable bonds is 3. The molecule has 2 N–H and O–H groups in total. The number of halogens is 6. The molecule has 0 spiro atoms. The van der Waals surface area contributed by atoms with Crippen LogP contribution in [-0.2, 0) is 12.4 Å². The number of aromatic nitrogens is 3. The van der Waals surface area contributed by atoms with Crippen molar-refractivity contribution in [2.45, 2.75) is 12.4 Å². The van der Waals surface area contributed by atoms with Gasteiger partial charge in [-0.3, -0.25) is 0 Å². The molecule has 0 amide bonds. The largest absolute Gasteiger partial charge is 0.507 e. The van der Waals surface area contributed by atoms with Crippen LogP contribution in [0.15, 0.2) is 66.7 Å². The van der Waals surface area contributed by atoms with Crippen LogP contribution in [0.3, 0.4) is 0 Å². The Bertz CT molecular complexity index is 1330. The summed E-state index contributed by atoms with van der Waals surface area (Å²) in [5.74, 6) is -1.35. The van der Waals surface area contributed by atoms with Crippen LogP contribution in [0.1, 0.15) is 11.1 Å². The van der Waals surface area contributed by atoms with Gasteiger partial charge in [0.25, 0.3) is 0 Å². The highest BCUT2D eigenvalue weighted by molar-refractivity contribution is 5.71. The number of aromatic hydroxyl groups is 2. The first-order chi connectivity index (χ1) is 15.4. The smallest absolute Gasteiger partial charge is 0.416 e. The summed E-state index contributed by atoms with van der Waals surface area (Å²) in [6, 6.07) is 12.2. The Morgan fingerprint density at radius 1 is 0.667 bits per heavy atom. The highest BCUT2D eigenvalue weighted by Crippen LogP contribution is 2.38. The second kappa shape index (κ2) is 7.84. The van der Waals surface area contributed by atoms with E-state index in [1.54, 1.807) is 6.07 Å². The van der Waals surface area contributed by atoms with Crippen molar-refractivity contribution in [2.24, 2.45) is 0 Å². The van der Waals surface area contributed by atoms with Gasteiger partial charge >= 0.3 is 12.4 Å². The Morgan fingerprint density at radius 2 is 1.33 bits per heavy atom. The lowest BCUT2D eigenvalue weighted by molar-refractivity contribution is -0.138. The van der Waals surface area contributed by atoms with Gasteiger partial charge in [-0.2, -0.15) is 26.3 Å². The maximum atomic E-state index is 13.2. The average Bonchev–Trinajstić information content (AvgIpc) is 3.18. The second-order valence-electron chi connectivity index (χ2n) is 6.97. The van der Waals surface area contributed by atoms with E-state index in [4.69, 9.17) is 0 Å². The monoisotopic (exact) mass is 465 g/mol. The first-order valence-electron chi connectivity index (χ1n) is 9.29. The van der Waals surface area contributed by atoms with Crippen molar-refractivity contribution >= 4 is 0 Å². The first-order valence-corrected chi connectivity index (χ1v) is 9.29. The molecule has 1 heterocycles. The van der Waals surface area contributed by atoms with Gasteiger partial charge in [-0.05, 0) is 48.5 Å². The molecule has 0 aliphatic heterocycles. The number of alkyl halides is 6. The SMILES string of the molecule is Oc1cc(C(F)(F)F)ccc1-c1nc(-c2ccccc2O)n(-c2cccc(C(F)(F)F)c2)n1. The number of phenolic OH excluding ortho intramolecular Hbond substituents is 2. The van der Waals surface area contributed by atoms with Gasteiger partial charge < -0.3 is 10.2 Å². The molecule has 0 unspecified atom stereocenters. The van der Waals surface area contributed by atoms with E-state index in [0.717, 1.165) is 35.0 Å². The van der Waals surface area contributed by atoms with E-state index in [2.05, 4.69) is 10.1 Å². The number of hydrogen-bond acceptors (Lipinski definition) is 4. The van der Waals surface area contributed by atoms with E-state index in [1.807, 2.05) is 0 Å². The molecule has 11 heteroatoms. The molecule has 0 aliphatic rings. The summed E-state index contributed by atoms with van der Waals surface area (Å²) in [7, 11) is 0. The summed E-state index contributed by atoms with van der Waals surface area (Å²) in [4.78, 5) is 4.20. The molecule has 4 aromatic rings. The van der Waals surface area contributed by atoms with E-state index < -0.39 is 29.2 Å². The third kappa shape index (κ3) is 4.34. The summed E-state index contributed by atoms with van der Waals surface area (Å²) in [6.45, 7) is 0.